The normalized spacial score (nSPS) is 11.1. The van der Waals surface area contributed by atoms with Gasteiger partial charge in [0.05, 0.1) is 15.6 Å². The Kier molecular flexibility index (Phi) is 6.85. The van der Waals surface area contributed by atoms with E-state index in [-0.39, 0.29) is 4.90 Å². The van der Waals surface area contributed by atoms with Crippen LogP contribution in [-0.4, -0.2) is 20.9 Å². The third kappa shape index (κ3) is 5.30. The predicted molar refractivity (Wildman–Crippen MR) is 120 cm³/mol. The highest BCUT2D eigenvalue weighted by Crippen LogP contribution is 2.27. The van der Waals surface area contributed by atoms with Gasteiger partial charge >= 0.3 is 0 Å². The standard InChI is InChI=1S/C20H15BrCl2N2O3S/c21-18-11-8-15(12-19(18)23)24-20(26)13-25(16-4-2-1-3-5-16)29(27,28)17-9-6-14(22)7-10-17/h1-12H,13H2,(H,24,26). The molecule has 29 heavy (non-hydrogen) atoms. The molecule has 3 aromatic rings. The first-order valence-corrected chi connectivity index (χ1v) is 11.3. The first-order chi connectivity index (χ1) is 13.8. The van der Waals surface area contributed by atoms with E-state index in [1.54, 1.807) is 48.5 Å². The molecule has 0 saturated heterocycles. The maximum atomic E-state index is 13.2. The number of nitrogens with one attached hydrogen (secondary N) is 1. The summed E-state index contributed by atoms with van der Waals surface area (Å²) in [5.41, 5.74) is 0.826. The molecule has 3 rings (SSSR count). The lowest BCUT2D eigenvalue weighted by atomic mass is 10.3. The molecule has 0 aliphatic rings. The van der Waals surface area contributed by atoms with Gasteiger partial charge in [-0.25, -0.2) is 8.42 Å². The van der Waals surface area contributed by atoms with Crippen LogP contribution in [0.5, 0.6) is 0 Å². The van der Waals surface area contributed by atoms with Crippen molar-refractivity contribution in [1.29, 1.82) is 0 Å². The van der Waals surface area contributed by atoms with E-state index >= 15 is 0 Å². The zero-order valence-electron chi connectivity index (χ0n) is 14.8. The van der Waals surface area contributed by atoms with Gasteiger partial charge in [0.15, 0.2) is 0 Å². The topological polar surface area (TPSA) is 66.5 Å². The number of para-hydroxylation sites is 1. The highest BCUT2D eigenvalue weighted by Gasteiger charge is 2.27. The third-order valence-electron chi connectivity index (χ3n) is 3.94. The molecule has 150 valence electrons. The lowest BCUT2D eigenvalue weighted by Crippen LogP contribution is -2.38. The minimum absolute atomic E-state index is 0.0326. The van der Waals surface area contributed by atoms with Gasteiger partial charge in [0, 0.05) is 15.2 Å². The summed E-state index contributed by atoms with van der Waals surface area (Å²) in [6.45, 7) is -0.414. The molecule has 1 amide bonds. The Balaban J connectivity index is 1.91. The van der Waals surface area contributed by atoms with Gasteiger partial charge in [-0.05, 0) is 70.5 Å². The Morgan fingerprint density at radius 1 is 0.966 bits per heavy atom. The fourth-order valence-corrected chi connectivity index (χ4v) is 4.52. The number of anilines is 2. The van der Waals surface area contributed by atoms with E-state index in [2.05, 4.69) is 21.2 Å². The van der Waals surface area contributed by atoms with Gasteiger partial charge in [-0.1, -0.05) is 41.4 Å². The minimum atomic E-state index is -3.99. The van der Waals surface area contributed by atoms with Crippen molar-refractivity contribution in [3.63, 3.8) is 0 Å². The molecule has 3 aromatic carbocycles. The van der Waals surface area contributed by atoms with Crippen LogP contribution >= 0.6 is 39.1 Å². The first-order valence-electron chi connectivity index (χ1n) is 8.35. The number of amides is 1. The Bertz CT molecular complexity index is 1120. The largest absolute Gasteiger partial charge is 0.324 e. The molecule has 0 radical (unpaired) electrons. The van der Waals surface area contributed by atoms with Gasteiger partial charge in [-0.2, -0.15) is 0 Å². The molecule has 0 fully saturated rings. The van der Waals surface area contributed by atoms with E-state index in [4.69, 9.17) is 23.2 Å². The Morgan fingerprint density at radius 3 is 2.24 bits per heavy atom. The maximum absolute atomic E-state index is 13.2. The predicted octanol–water partition coefficient (Wildman–Crippen LogP) is 5.59. The van der Waals surface area contributed by atoms with E-state index in [1.807, 2.05) is 0 Å². The zero-order chi connectivity index (χ0) is 21.0. The molecule has 0 aromatic heterocycles. The summed E-state index contributed by atoms with van der Waals surface area (Å²) in [6, 6.07) is 19.1. The lowest BCUT2D eigenvalue weighted by molar-refractivity contribution is -0.114. The summed E-state index contributed by atoms with van der Waals surface area (Å²) in [4.78, 5) is 12.7. The smallest absolute Gasteiger partial charge is 0.264 e. The molecule has 0 saturated carbocycles. The molecule has 0 aliphatic heterocycles. The second-order valence-electron chi connectivity index (χ2n) is 5.98. The van der Waals surface area contributed by atoms with Gasteiger partial charge in [-0.3, -0.25) is 9.10 Å². The molecule has 0 bridgehead atoms. The molecular weight excluding hydrogens is 499 g/mol. The Labute approximate surface area is 187 Å². The fourth-order valence-electron chi connectivity index (χ4n) is 2.55. The van der Waals surface area contributed by atoms with Gasteiger partial charge in [0.2, 0.25) is 5.91 Å². The van der Waals surface area contributed by atoms with Crippen LogP contribution in [0, 0.1) is 0 Å². The van der Waals surface area contributed by atoms with Crippen LogP contribution in [0.15, 0.2) is 82.2 Å². The van der Waals surface area contributed by atoms with Crippen LogP contribution in [-0.2, 0) is 14.8 Å². The zero-order valence-corrected chi connectivity index (χ0v) is 18.8. The van der Waals surface area contributed by atoms with Crippen LogP contribution in [0.2, 0.25) is 10.0 Å². The molecule has 0 heterocycles. The monoisotopic (exact) mass is 512 g/mol. The molecule has 5 nitrogen and oxygen atoms in total. The van der Waals surface area contributed by atoms with Crippen molar-refractivity contribution in [3.8, 4) is 0 Å². The SMILES string of the molecule is O=C(CN(c1ccccc1)S(=O)(=O)c1ccc(Cl)cc1)Nc1ccc(Br)c(Cl)c1. The number of halogens is 3. The second kappa shape index (κ2) is 9.17. The second-order valence-corrected chi connectivity index (χ2v) is 9.54. The molecule has 0 aliphatic carbocycles. The van der Waals surface area contributed by atoms with Crippen LogP contribution in [0.4, 0.5) is 11.4 Å². The molecular formula is C20H15BrCl2N2O3S. The van der Waals surface area contributed by atoms with Crippen LogP contribution in [0.1, 0.15) is 0 Å². The first kappa shape index (κ1) is 21.6. The van der Waals surface area contributed by atoms with Crippen molar-refractivity contribution in [2.75, 3.05) is 16.2 Å². The van der Waals surface area contributed by atoms with Gasteiger partial charge in [-0.15, -0.1) is 0 Å². The maximum Gasteiger partial charge on any atom is 0.264 e. The molecule has 1 N–H and O–H groups in total. The number of hydrogen-bond acceptors (Lipinski definition) is 3. The number of nitrogens with zero attached hydrogens (tertiary/aromatic N) is 1. The molecule has 0 unspecified atom stereocenters. The van der Waals surface area contributed by atoms with Gasteiger partial charge in [0.25, 0.3) is 10.0 Å². The number of carbonyl (C=O) groups is 1. The average Bonchev–Trinajstić information content (AvgIpc) is 2.70. The Morgan fingerprint density at radius 2 is 1.62 bits per heavy atom. The van der Waals surface area contributed by atoms with Gasteiger partial charge < -0.3 is 5.32 Å². The Hall–Kier alpha value is -2.06. The quantitative estimate of drug-likeness (QED) is 0.467. The lowest BCUT2D eigenvalue weighted by Gasteiger charge is -2.24. The third-order valence-corrected chi connectivity index (χ3v) is 7.21. The van der Waals surface area contributed by atoms with Crippen molar-refractivity contribution in [2.45, 2.75) is 4.90 Å². The number of benzene rings is 3. The highest BCUT2D eigenvalue weighted by molar-refractivity contribution is 9.10. The molecule has 9 heteroatoms. The van der Waals surface area contributed by atoms with Crippen LogP contribution in [0.3, 0.4) is 0 Å². The van der Waals surface area contributed by atoms with E-state index < -0.39 is 22.5 Å². The van der Waals surface area contributed by atoms with Crippen molar-refractivity contribution < 1.29 is 13.2 Å². The van der Waals surface area contributed by atoms with Crippen LogP contribution < -0.4 is 9.62 Å². The molecule has 0 atom stereocenters. The van der Waals surface area contributed by atoms with Crippen molar-refractivity contribution in [1.82, 2.24) is 0 Å². The average molecular weight is 514 g/mol. The summed E-state index contributed by atoms with van der Waals surface area (Å²) >= 11 is 15.2. The fraction of sp³-hybridized carbons (Fsp3) is 0.0500. The summed E-state index contributed by atoms with van der Waals surface area (Å²) in [7, 11) is -3.99. The van der Waals surface area contributed by atoms with E-state index in [0.29, 0.717) is 25.9 Å². The van der Waals surface area contributed by atoms with Crippen molar-refractivity contribution in [2.24, 2.45) is 0 Å². The summed E-state index contributed by atoms with van der Waals surface area (Å²) in [5.74, 6) is -0.509. The number of rotatable bonds is 6. The van der Waals surface area contributed by atoms with E-state index in [1.165, 1.54) is 24.3 Å². The summed E-state index contributed by atoms with van der Waals surface area (Å²) in [5, 5.41) is 3.52. The van der Waals surface area contributed by atoms with Crippen molar-refractivity contribution >= 4 is 66.4 Å². The number of carbonyl (C=O) groups excluding carboxylic acids is 1. The highest BCUT2D eigenvalue weighted by atomic mass is 79.9. The molecule has 0 spiro atoms. The number of sulfonamides is 1. The number of hydrogen-bond donors (Lipinski definition) is 1. The van der Waals surface area contributed by atoms with Crippen molar-refractivity contribution in [3.05, 3.63) is 87.3 Å². The summed E-state index contributed by atoms with van der Waals surface area (Å²) in [6.07, 6.45) is 0. The van der Waals surface area contributed by atoms with E-state index in [0.717, 1.165) is 4.31 Å². The minimum Gasteiger partial charge on any atom is -0.324 e. The van der Waals surface area contributed by atoms with Crippen LogP contribution in [0.25, 0.3) is 0 Å². The van der Waals surface area contributed by atoms with Gasteiger partial charge in [0.1, 0.15) is 6.54 Å². The summed E-state index contributed by atoms with van der Waals surface area (Å²) < 4.78 is 28.1. The van der Waals surface area contributed by atoms with E-state index in [9.17, 15) is 13.2 Å².